The number of H-pyrrole nitrogens is 1. The van der Waals surface area contributed by atoms with Gasteiger partial charge in [-0.2, -0.15) is 0 Å². The van der Waals surface area contributed by atoms with Crippen LogP contribution in [0.2, 0.25) is 0 Å². The van der Waals surface area contributed by atoms with Crippen LogP contribution in [0.25, 0.3) is 0 Å². The number of aromatic nitrogens is 2. The molecule has 1 aliphatic heterocycles. The van der Waals surface area contributed by atoms with E-state index in [9.17, 15) is 29.3 Å². The largest absolute Gasteiger partial charge is 0.756 e. The monoisotopic (exact) mass is 323 g/mol. The fourth-order valence-electron chi connectivity index (χ4n) is 1.89. The molecule has 0 aromatic carbocycles. The Bertz CT molecular complexity index is 664. The van der Waals surface area contributed by atoms with Gasteiger partial charge in [-0.25, -0.2) is 4.79 Å². The van der Waals surface area contributed by atoms with Gasteiger partial charge in [0.25, 0.3) is 13.4 Å². The topological polar surface area (TPSA) is 174 Å². The molecule has 0 saturated carbocycles. The summed E-state index contributed by atoms with van der Waals surface area (Å²) in [5.74, 6) is 0. The summed E-state index contributed by atoms with van der Waals surface area (Å²) in [4.78, 5) is 43.4. The van der Waals surface area contributed by atoms with Crippen LogP contribution in [-0.2, 0) is 13.8 Å². The van der Waals surface area contributed by atoms with E-state index in [1.807, 2.05) is 4.98 Å². The van der Waals surface area contributed by atoms with Gasteiger partial charge in [-0.3, -0.25) is 18.9 Å². The first kappa shape index (κ1) is 16.0. The van der Waals surface area contributed by atoms with E-state index >= 15 is 0 Å². The van der Waals surface area contributed by atoms with Crippen LogP contribution in [0.4, 0.5) is 0 Å². The van der Waals surface area contributed by atoms with Crippen molar-refractivity contribution in [3.63, 3.8) is 0 Å². The summed E-state index contributed by atoms with van der Waals surface area (Å²) in [7, 11) is -5.01. The van der Waals surface area contributed by atoms with Crippen LogP contribution in [0.5, 0.6) is 0 Å². The number of aliphatic hydroxyl groups is 2. The number of ether oxygens (including phenoxy) is 1. The fourth-order valence-corrected chi connectivity index (χ4v) is 2.23. The molecule has 2 rings (SSSR count). The zero-order valence-electron chi connectivity index (χ0n) is 10.4. The van der Waals surface area contributed by atoms with E-state index in [4.69, 9.17) is 9.63 Å². The Balaban J connectivity index is 2.18. The molecule has 1 aromatic heterocycles. The van der Waals surface area contributed by atoms with Gasteiger partial charge in [0.2, 0.25) is 0 Å². The number of aliphatic hydroxyl groups excluding tert-OH is 2. The van der Waals surface area contributed by atoms with E-state index in [1.165, 1.54) is 0 Å². The molecule has 1 unspecified atom stereocenters. The number of phosphoric acid groups is 1. The second-order valence-corrected chi connectivity index (χ2v) is 5.52. The molecule has 0 radical (unpaired) electrons. The van der Waals surface area contributed by atoms with Gasteiger partial charge in [0, 0.05) is 12.3 Å². The Morgan fingerprint density at radius 3 is 2.67 bits per heavy atom. The molecule has 5 atom stereocenters. The fraction of sp³-hybridized carbons (Fsp3) is 0.556. The van der Waals surface area contributed by atoms with E-state index in [0.29, 0.717) is 0 Å². The number of hydrogen-bond acceptors (Lipinski definition) is 8. The molecule has 0 bridgehead atoms. The molecule has 4 N–H and O–H groups in total. The standard InChI is InChI=1S/C9H13N2O9P/c12-5-1-2-11(9(15)10-5)8-7(14)6(13)4(20-8)3-19-21(16,17)18/h1-2,4,6-8,13-14H,3H2,(H,10,12,15)(H2,16,17,18)/p-1/t4-,6-,7-,8-/m1/s1. The van der Waals surface area contributed by atoms with E-state index in [1.54, 1.807) is 0 Å². The lowest BCUT2D eigenvalue weighted by molar-refractivity contribution is -0.222. The summed E-state index contributed by atoms with van der Waals surface area (Å²) in [6, 6.07) is 1.01. The number of rotatable bonds is 4. The van der Waals surface area contributed by atoms with Gasteiger partial charge >= 0.3 is 5.69 Å². The summed E-state index contributed by atoms with van der Waals surface area (Å²) in [5, 5.41) is 19.5. The molecule has 118 valence electrons. The van der Waals surface area contributed by atoms with Crippen LogP contribution < -0.4 is 16.1 Å². The highest BCUT2D eigenvalue weighted by molar-refractivity contribution is 7.44. The minimum atomic E-state index is -5.01. The highest BCUT2D eigenvalue weighted by Gasteiger charge is 2.44. The lowest BCUT2D eigenvalue weighted by atomic mass is 10.1. The van der Waals surface area contributed by atoms with Gasteiger partial charge in [-0.05, 0) is 0 Å². The number of aromatic amines is 1. The summed E-state index contributed by atoms with van der Waals surface area (Å²) >= 11 is 0. The minimum absolute atomic E-state index is 0.656. The minimum Gasteiger partial charge on any atom is -0.756 e. The van der Waals surface area contributed by atoms with E-state index in [2.05, 4.69) is 4.52 Å². The summed E-state index contributed by atoms with van der Waals surface area (Å²) in [6.45, 7) is -0.746. The van der Waals surface area contributed by atoms with Gasteiger partial charge in [0.05, 0.1) is 6.61 Å². The average molecular weight is 323 g/mol. The van der Waals surface area contributed by atoms with Crippen molar-refractivity contribution in [3.05, 3.63) is 33.1 Å². The second kappa shape index (κ2) is 5.81. The zero-order valence-corrected chi connectivity index (χ0v) is 11.3. The molecule has 11 nitrogen and oxygen atoms in total. The number of hydrogen-bond donors (Lipinski definition) is 4. The molecular formula is C9H12N2O9P-. The smallest absolute Gasteiger partial charge is 0.330 e. The van der Waals surface area contributed by atoms with Crippen molar-refractivity contribution >= 4 is 7.82 Å². The summed E-state index contributed by atoms with van der Waals surface area (Å²) in [6.07, 6.45) is -4.71. The van der Waals surface area contributed by atoms with Crippen molar-refractivity contribution in [2.24, 2.45) is 0 Å². The van der Waals surface area contributed by atoms with Crippen molar-refractivity contribution in [1.29, 1.82) is 0 Å². The van der Waals surface area contributed by atoms with Crippen LogP contribution >= 0.6 is 7.82 Å². The Morgan fingerprint density at radius 2 is 2.10 bits per heavy atom. The van der Waals surface area contributed by atoms with Crippen LogP contribution in [-0.4, -0.2) is 49.6 Å². The molecule has 0 spiro atoms. The first-order valence-electron chi connectivity index (χ1n) is 5.70. The number of phosphoric ester groups is 1. The Labute approximate surface area is 116 Å². The third kappa shape index (κ3) is 3.66. The van der Waals surface area contributed by atoms with Crippen LogP contribution in [0, 0.1) is 0 Å². The van der Waals surface area contributed by atoms with Crippen molar-refractivity contribution in [2.45, 2.75) is 24.5 Å². The van der Waals surface area contributed by atoms with Gasteiger partial charge in [-0.1, -0.05) is 0 Å². The van der Waals surface area contributed by atoms with Gasteiger partial charge in [0.15, 0.2) is 6.23 Å². The maximum atomic E-state index is 11.6. The molecule has 1 saturated heterocycles. The highest BCUT2D eigenvalue weighted by atomic mass is 31.2. The third-order valence-electron chi connectivity index (χ3n) is 2.86. The van der Waals surface area contributed by atoms with Crippen molar-refractivity contribution in [3.8, 4) is 0 Å². The van der Waals surface area contributed by atoms with E-state index in [0.717, 1.165) is 16.8 Å². The van der Waals surface area contributed by atoms with Crippen LogP contribution in [0.15, 0.2) is 21.9 Å². The predicted octanol–water partition coefficient (Wildman–Crippen LogP) is -3.37. The molecule has 1 aromatic rings. The quantitative estimate of drug-likeness (QED) is 0.412. The van der Waals surface area contributed by atoms with Gasteiger partial charge in [-0.15, -0.1) is 0 Å². The van der Waals surface area contributed by atoms with E-state index in [-0.39, 0.29) is 0 Å². The molecule has 2 heterocycles. The molecule has 0 aliphatic carbocycles. The molecule has 0 amide bonds. The maximum Gasteiger partial charge on any atom is 0.330 e. The molecule has 1 fully saturated rings. The lowest BCUT2D eigenvalue weighted by Crippen LogP contribution is -2.37. The first-order chi connectivity index (χ1) is 9.69. The Hall–Kier alpha value is -1.33. The Kier molecular flexibility index (Phi) is 4.44. The summed E-state index contributed by atoms with van der Waals surface area (Å²) in [5.41, 5.74) is -1.53. The highest BCUT2D eigenvalue weighted by Crippen LogP contribution is 2.34. The van der Waals surface area contributed by atoms with E-state index < -0.39 is 50.2 Å². The third-order valence-corrected chi connectivity index (χ3v) is 3.34. The molecule has 12 heteroatoms. The lowest BCUT2D eigenvalue weighted by Gasteiger charge is -2.20. The SMILES string of the molecule is O=c1ccn([C@@H]2O[C@H](COP(=O)([O-])O)[C@@H](O)[C@H]2O)c(=O)[nH]1. The van der Waals surface area contributed by atoms with Crippen LogP contribution in [0.3, 0.4) is 0 Å². The molecule has 1 aliphatic rings. The van der Waals surface area contributed by atoms with Crippen LogP contribution in [0.1, 0.15) is 6.23 Å². The average Bonchev–Trinajstić information content (AvgIpc) is 2.64. The van der Waals surface area contributed by atoms with Gasteiger partial charge < -0.3 is 29.3 Å². The normalized spacial score (nSPS) is 32.0. The second-order valence-electron chi connectivity index (χ2n) is 4.33. The zero-order chi connectivity index (χ0) is 15.8. The van der Waals surface area contributed by atoms with Crippen molar-refractivity contribution in [1.82, 2.24) is 9.55 Å². The first-order valence-corrected chi connectivity index (χ1v) is 7.20. The predicted molar refractivity (Wildman–Crippen MR) is 63.0 cm³/mol. The number of nitrogens with zero attached hydrogens (tertiary/aromatic N) is 1. The molecular weight excluding hydrogens is 311 g/mol. The Morgan fingerprint density at radius 1 is 1.43 bits per heavy atom. The van der Waals surface area contributed by atoms with Crippen molar-refractivity contribution < 1.29 is 33.8 Å². The van der Waals surface area contributed by atoms with Crippen molar-refractivity contribution in [2.75, 3.05) is 6.61 Å². The maximum absolute atomic E-state index is 11.6. The summed E-state index contributed by atoms with van der Waals surface area (Å²) < 4.78 is 20.5. The van der Waals surface area contributed by atoms with Gasteiger partial charge in [0.1, 0.15) is 18.3 Å². The number of nitrogens with one attached hydrogen (secondary N) is 1. The molecule has 21 heavy (non-hydrogen) atoms.